The van der Waals surface area contributed by atoms with Gasteiger partial charge < -0.3 is 25.4 Å². The first kappa shape index (κ1) is 22.0. The molecule has 1 fully saturated rings. The lowest BCUT2D eigenvalue weighted by atomic mass is 10.0. The maximum absolute atomic E-state index is 12.8. The van der Waals surface area contributed by atoms with Gasteiger partial charge in [-0.1, -0.05) is 11.6 Å². The van der Waals surface area contributed by atoms with Gasteiger partial charge in [-0.3, -0.25) is 4.79 Å². The van der Waals surface area contributed by atoms with Gasteiger partial charge in [0.1, 0.15) is 5.75 Å². The van der Waals surface area contributed by atoms with Crippen molar-refractivity contribution in [1.29, 1.82) is 0 Å². The molecule has 0 radical (unpaired) electrons. The largest absolute Gasteiger partial charge is 0.496 e. The van der Waals surface area contributed by atoms with Crippen LogP contribution in [0.2, 0.25) is 5.02 Å². The normalized spacial score (nSPS) is 15.0. The zero-order valence-electron chi connectivity index (χ0n) is 16.7. The second kappa shape index (κ2) is 10.4. The number of hydrogen-bond donors (Lipinski definition) is 2. The smallest absolute Gasteiger partial charge is 0.316 e. The molecule has 1 aromatic heterocycles. The molecule has 30 heavy (non-hydrogen) atoms. The van der Waals surface area contributed by atoms with Crippen LogP contribution in [0.3, 0.4) is 0 Å². The topological polar surface area (TPSA) is 103 Å². The fraction of sp³-hybridized carbons (Fsp3) is 0.450. The highest BCUT2D eigenvalue weighted by Gasteiger charge is 2.23. The van der Waals surface area contributed by atoms with Crippen molar-refractivity contribution >= 4 is 23.2 Å². The number of amides is 1. The van der Waals surface area contributed by atoms with Crippen molar-refractivity contribution in [2.24, 2.45) is 0 Å². The van der Waals surface area contributed by atoms with E-state index in [0.29, 0.717) is 28.6 Å². The van der Waals surface area contributed by atoms with Crippen LogP contribution in [0.5, 0.6) is 11.8 Å². The number of benzene rings is 1. The van der Waals surface area contributed by atoms with Gasteiger partial charge in [-0.15, -0.1) is 0 Å². The first-order valence-corrected chi connectivity index (χ1v) is 10.1. The Labute approximate surface area is 179 Å². The van der Waals surface area contributed by atoms with E-state index in [2.05, 4.69) is 20.2 Å². The summed E-state index contributed by atoms with van der Waals surface area (Å²) in [4.78, 5) is 22.5. The van der Waals surface area contributed by atoms with E-state index in [9.17, 15) is 9.18 Å². The predicted octanol–water partition coefficient (Wildman–Crippen LogP) is 2.52. The third-order valence-electron chi connectivity index (χ3n) is 4.93. The molecule has 0 unspecified atom stereocenters. The Morgan fingerprint density at radius 3 is 2.70 bits per heavy atom. The number of likely N-dealkylation sites (tertiary alicyclic amines) is 1. The Morgan fingerprint density at radius 2 is 2.03 bits per heavy atom. The van der Waals surface area contributed by atoms with E-state index in [-0.39, 0.29) is 18.0 Å². The van der Waals surface area contributed by atoms with Gasteiger partial charge in [-0.2, -0.15) is 0 Å². The van der Waals surface area contributed by atoms with Crippen LogP contribution in [0.4, 0.5) is 10.1 Å². The van der Waals surface area contributed by atoms with Crippen LogP contribution in [0, 0.1) is 5.82 Å². The Kier molecular flexibility index (Phi) is 7.64. The number of carbonyl (C=O) groups is 1. The summed E-state index contributed by atoms with van der Waals surface area (Å²) in [5, 5.41) is 3.38. The van der Waals surface area contributed by atoms with E-state index >= 15 is 0 Å². The number of nitrogens with one attached hydrogen (secondary N) is 1. The molecule has 1 aliphatic rings. The molecule has 1 aromatic carbocycles. The average Bonchev–Trinajstić information content (AvgIpc) is 2.75. The van der Waals surface area contributed by atoms with Crippen molar-refractivity contribution in [1.82, 2.24) is 20.2 Å². The number of nitrogens with zero attached hydrogens (tertiary/aromatic N) is 3. The van der Waals surface area contributed by atoms with E-state index in [0.717, 1.165) is 51.3 Å². The molecule has 0 aliphatic carbocycles. The van der Waals surface area contributed by atoms with Gasteiger partial charge in [0.05, 0.1) is 42.4 Å². The van der Waals surface area contributed by atoms with E-state index in [1.807, 2.05) is 0 Å². The number of nitrogen functional groups attached to an aromatic ring is 1. The third-order valence-corrected chi connectivity index (χ3v) is 5.26. The van der Waals surface area contributed by atoms with Crippen molar-refractivity contribution in [3.8, 4) is 11.8 Å². The molecule has 0 atom stereocenters. The van der Waals surface area contributed by atoms with Crippen LogP contribution in [0.25, 0.3) is 0 Å². The van der Waals surface area contributed by atoms with Gasteiger partial charge in [0.2, 0.25) is 0 Å². The molecule has 1 saturated heterocycles. The molecule has 8 nitrogen and oxygen atoms in total. The summed E-state index contributed by atoms with van der Waals surface area (Å²) in [6.07, 6.45) is 4.65. The van der Waals surface area contributed by atoms with E-state index in [4.69, 9.17) is 26.8 Å². The third kappa shape index (κ3) is 5.93. The Balaban J connectivity index is 1.39. The van der Waals surface area contributed by atoms with Crippen molar-refractivity contribution < 1.29 is 18.7 Å². The molecule has 10 heteroatoms. The fourth-order valence-corrected chi connectivity index (χ4v) is 3.47. The van der Waals surface area contributed by atoms with Crippen LogP contribution in [0.1, 0.15) is 29.6 Å². The minimum absolute atomic E-state index is 0.0821. The van der Waals surface area contributed by atoms with Gasteiger partial charge in [-0.25, -0.2) is 14.4 Å². The van der Waals surface area contributed by atoms with Crippen molar-refractivity contribution in [3.05, 3.63) is 40.9 Å². The van der Waals surface area contributed by atoms with Crippen LogP contribution in [-0.2, 0) is 0 Å². The molecule has 2 aromatic rings. The van der Waals surface area contributed by atoms with Gasteiger partial charge in [0.25, 0.3) is 5.91 Å². The van der Waals surface area contributed by atoms with Gasteiger partial charge in [0, 0.05) is 31.7 Å². The molecule has 1 amide bonds. The summed E-state index contributed by atoms with van der Waals surface area (Å²) >= 11 is 6.05. The molecule has 2 heterocycles. The van der Waals surface area contributed by atoms with Crippen molar-refractivity contribution in [2.75, 3.05) is 39.1 Å². The van der Waals surface area contributed by atoms with Crippen LogP contribution < -0.4 is 20.5 Å². The summed E-state index contributed by atoms with van der Waals surface area (Å²) in [6, 6.07) is 3.35. The summed E-state index contributed by atoms with van der Waals surface area (Å²) in [7, 11) is 1.49. The fourth-order valence-electron chi connectivity index (χ4n) is 3.31. The second-order valence-electron chi connectivity index (χ2n) is 7.05. The highest BCUT2D eigenvalue weighted by atomic mass is 35.5. The van der Waals surface area contributed by atoms with E-state index in [1.165, 1.54) is 13.2 Å². The lowest BCUT2D eigenvalue weighted by Gasteiger charge is -2.32. The second-order valence-corrected chi connectivity index (χ2v) is 7.46. The lowest BCUT2D eigenvalue weighted by molar-refractivity contribution is 0.0906. The Hall–Kier alpha value is -2.65. The molecule has 0 bridgehead atoms. The summed E-state index contributed by atoms with van der Waals surface area (Å²) in [5.74, 6) is -0.313. The minimum atomic E-state index is -0.491. The van der Waals surface area contributed by atoms with Crippen molar-refractivity contribution in [2.45, 2.75) is 25.3 Å². The first-order valence-electron chi connectivity index (χ1n) is 9.73. The number of piperidine rings is 1. The number of halogens is 2. The highest BCUT2D eigenvalue weighted by Crippen LogP contribution is 2.29. The SMILES string of the molecule is COc1cc(N)c(Cl)cc1C(=O)NC1CCN(CCCOc2ncc(F)cn2)CC1. The summed E-state index contributed by atoms with van der Waals surface area (Å²) < 4.78 is 23.4. The maximum atomic E-state index is 12.8. The number of methoxy groups -OCH3 is 1. The number of carbonyl (C=O) groups excluding carboxylic acids is 1. The average molecular weight is 438 g/mol. The van der Waals surface area contributed by atoms with E-state index in [1.54, 1.807) is 6.07 Å². The molecule has 3 rings (SSSR count). The molecule has 1 aliphatic heterocycles. The number of aromatic nitrogens is 2. The number of nitrogens with two attached hydrogens (primary N) is 1. The molecule has 0 saturated carbocycles. The summed E-state index contributed by atoms with van der Waals surface area (Å²) in [6.45, 7) is 3.07. The zero-order valence-corrected chi connectivity index (χ0v) is 17.5. The monoisotopic (exact) mass is 437 g/mol. The van der Waals surface area contributed by atoms with Crippen LogP contribution in [-0.4, -0.2) is 60.2 Å². The standard InChI is InChI=1S/C20H25ClFN5O3/c1-29-18-10-17(23)16(21)9-15(18)19(28)26-14-3-6-27(7-4-14)5-2-8-30-20-24-11-13(22)12-25-20/h9-12,14H,2-8,23H2,1H3,(H,26,28). The number of anilines is 1. The van der Waals surface area contributed by atoms with E-state index < -0.39 is 5.82 Å². The Bertz CT molecular complexity index is 860. The van der Waals surface area contributed by atoms with Gasteiger partial charge >= 0.3 is 6.01 Å². The molecule has 0 spiro atoms. The van der Waals surface area contributed by atoms with Gasteiger partial charge in [-0.05, 0) is 25.3 Å². The number of rotatable bonds is 8. The van der Waals surface area contributed by atoms with Crippen LogP contribution >= 0.6 is 11.6 Å². The number of hydrogen-bond acceptors (Lipinski definition) is 7. The lowest BCUT2D eigenvalue weighted by Crippen LogP contribution is -2.45. The molecular weight excluding hydrogens is 413 g/mol. The maximum Gasteiger partial charge on any atom is 0.316 e. The number of ether oxygens (including phenoxy) is 2. The quantitative estimate of drug-likeness (QED) is 0.483. The predicted molar refractivity (Wildman–Crippen MR) is 111 cm³/mol. The minimum Gasteiger partial charge on any atom is -0.496 e. The summed E-state index contributed by atoms with van der Waals surface area (Å²) in [5.41, 5.74) is 6.52. The van der Waals surface area contributed by atoms with Crippen molar-refractivity contribution in [3.63, 3.8) is 0 Å². The van der Waals surface area contributed by atoms with Crippen LogP contribution in [0.15, 0.2) is 24.5 Å². The highest BCUT2D eigenvalue weighted by molar-refractivity contribution is 6.33. The molecule has 162 valence electrons. The molecule has 3 N–H and O–H groups in total. The first-order chi connectivity index (χ1) is 14.5. The molecular formula is C20H25ClFN5O3. The zero-order chi connectivity index (χ0) is 21.5. The van der Waals surface area contributed by atoms with Gasteiger partial charge in [0.15, 0.2) is 5.82 Å². The Morgan fingerprint density at radius 1 is 1.33 bits per heavy atom.